The zero-order valence-corrected chi connectivity index (χ0v) is 11.6. The minimum Gasteiger partial charge on any atom is -0.388 e. The summed E-state index contributed by atoms with van der Waals surface area (Å²) in [6, 6.07) is 0. The maximum absolute atomic E-state index is 11.2. The highest BCUT2D eigenvalue weighted by molar-refractivity contribution is 5.62. The molecule has 7 heteroatoms. The summed E-state index contributed by atoms with van der Waals surface area (Å²) in [5.41, 5.74) is -0.297. The summed E-state index contributed by atoms with van der Waals surface area (Å²) >= 11 is 0. The Morgan fingerprint density at radius 1 is 1.58 bits per heavy atom. The molecule has 1 atom stereocenters. The highest BCUT2D eigenvalue weighted by Gasteiger charge is 2.37. The van der Waals surface area contributed by atoms with Crippen LogP contribution < -0.4 is 4.90 Å². The molecular weight excluding hydrogens is 248 g/mol. The lowest BCUT2D eigenvalue weighted by Gasteiger charge is -2.20. The number of aryl methyl sites for hydroxylation is 2. The van der Waals surface area contributed by atoms with E-state index in [4.69, 9.17) is 0 Å². The fraction of sp³-hybridized carbons (Fsp3) is 0.750. The fourth-order valence-corrected chi connectivity index (χ4v) is 2.58. The van der Waals surface area contributed by atoms with E-state index in [1.165, 1.54) is 0 Å². The minimum absolute atomic E-state index is 0.0613. The van der Waals surface area contributed by atoms with E-state index in [0.717, 1.165) is 6.42 Å². The van der Waals surface area contributed by atoms with Gasteiger partial charge >= 0.3 is 5.69 Å². The van der Waals surface area contributed by atoms with E-state index in [9.17, 15) is 15.2 Å². The highest BCUT2D eigenvalue weighted by atomic mass is 16.6. The van der Waals surface area contributed by atoms with Crippen LogP contribution in [0.1, 0.15) is 32.4 Å². The van der Waals surface area contributed by atoms with Crippen LogP contribution in [0.2, 0.25) is 0 Å². The number of nitrogens with zero attached hydrogens (tertiary/aromatic N) is 4. The van der Waals surface area contributed by atoms with Crippen molar-refractivity contribution in [2.75, 3.05) is 18.0 Å². The zero-order valence-electron chi connectivity index (χ0n) is 11.6. The second kappa shape index (κ2) is 4.80. The molecular formula is C12H20N4O3. The Kier molecular flexibility index (Phi) is 3.49. The van der Waals surface area contributed by atoms with Gasteiger partial charge in [0.15, 0.2) is 0 Å². The first-order valence-electron chi connectivity index (χ1n) is 6.55. The van der Waals surface area contributed by atoms with Crippen LogP contribution in [0.3, 0.4) is 0 Å². The maximum atomic E-state index is 11.2. The molecule has 0 saturated carbocycles. The summed E-state index contributed by atoms with van der Waals surface area (Å²) in [7, 11) is 0. The lowest BCUT2D eigenvalue weighted by molar-refractivity contribution is -0.384. The number of aliphatic hydroxyl groups is 1. The molecule has 1 N–H and O–H groups in total. The Bertz CT molecular complexity index is 495. The van der Waals surface area contributed by atoms with Crippen molar-refractivity contribution < 1.29 is 10.0 Å². The quantitative estimate of drug-likeness (QED) is 0.660. The molecule has 19 heavy (non-hydrogen) atoms. The summed E-state index contributed by atoms with van der Waals surface area (Å²) in [6.45, 7) is 7.08. The third kappa shape index (κ3) is 2.56. The van der Waals surface area contributed by atoms with Crippen LogP contribution in [0.5, 0.6) is 0 Å². The molecule has 2 heterocycles. The minimum atomic E-state index is -0.789. The van der Waals surface area contributed by atoms with Gasteiger partial charge in [-0.05, 0) is 26.7 Å². The molecule has 0 aliphatic carbocycles. The smallest absolute Gasteiger partial charge is 0.333 e. The van der Waals surface area contributed by atoms with Gasteiger partial charge in [0.2, 0.25) is 5.82 Å². The van der Waals surface area contributed by atoms with Gasteiger partial charge < -0.3 is 10.0 Å². The number of anilines is 1. The van der Waals surface area contributed by atoms with Gasteiger partial charge in [-0.25, -0.2) is 4.68 Å². The first kappa shape index (κ1) is 13.8. The molecule has 1 unspecified atom stereocenters. The van der Waals surface area contributed by atoms with Crippen LogP contribution >= 0.6 is 0 Å². The standard InChI is InChI=1S/C12H20N4O3/c1-4-6-15-11(10(16(18)19)9(2)13-15)14-7-5-12(3,17)8-14/h17H,4-8H2,1-3H3. The molecule has 1 aliphatic heterocycles. The predicted octanol–water partition coefficient (Wildman–Crippen LogP) is 1.47. The van der Waals surface area contributed by atoms with Crippen LogP contribution in [0.15, 0.2) is 0 Å². The Balaban J connectivity index is 2.44. The van der Waals surface area contributed by atoms with Crippen molar-refractivity contribution in [2.45, 2.75) is 45.8 Å². The van der Waals surface area contributed by atoms with Crippen molar-refractivity contribution in [3.8, 4) is 0 Å². The third-order valence-electron chi connectivity index (χ3n) is 3.44. The topological polar surface area (TPSA) is 84.4 Å². The van der Waals surface area contributed by atoms with Crippen LogP contribution in [0.25, 0.3) is 0 Å². The number of rotatable bonds is 4. The van der Waals surface area contributed by atoms with Crippen LogP contribution in [0, 0.1) is 17.0 Å². The molecule has 0 spiro atoms. The molecule has 0 aromatic carbocycles. The van der Waals surface area contributed by atoms with Gasteiger partial charge in [0, 0.05) is 19.6 Å². The summed E-state index contributed by atoms with van der Waals surface area (Å²) in [5, 5.41) is 25.5. The zero-order chi connectivity index (χ0) is 14.2. The number of hydrogen-bond donors (Lipinski definition) is 1. The van der Waals surface area contributed by atoms with Crippen LogP contribution in [0.4, 0.5) is 11.5 Å². The van der Waals surface area contributed by atoms with E-state index in [1.807, 2.05) is 11.8 Å². The summed E-state index contributed by atoms with van der Waals surface area (Å²) in [4.78, 5) is 12.7. The second-order valence-electron chi connectivity index (χ2n) is 5.41. The Hall–Kier alpha value is -1.63. The SMILES string of the molecule is CCCn1nc(C)c([N+](=O)[O-])c1N1CCC(C)(O)C1. The van der Waals surface area contributed by atoms with Crippen LogP contribution in [-0.2, 0) is 6.54 Å². The second-order valence-corrected chi connectivity index (χ2v) is 5.41. The van der Waals surface area contributed by atoms with Gasteiger partial charge in [0.05, 0.1) is 10.5 Å². The fourth-order valence-electron chi connectivity index (χ4n) is 2.58. The molecule has 1 aromatic rings. The van der Waals surface area contributed by atoms with Crippen LogP contribution in [-0.4, -0.2) is 38.5 Å². The third-order valence-corrected chi connectivity index (χ3v) is 3.44. The van der Waals surface area contributed by atoms with Gasteiger partial charge in [-0.2, -0.15) is 5.10 Å². The van der Waals surface area contributed by atoms with Gasteiger partial charge in [-0.15, -0.1) is 0 Å². The van der Waals surface area contributed by atoms with Crippen molar-refractivity contribution in [3.63, 3.8) is 0 Å². The molecule has 0 bridgehead atoms. The van der Waals surface area contributed by atoms with E-state index in [1.54, 1.807) is 18.5 Å². The van der Waals surface area contributed by atoms with Gasteiger partial charge in [-0.3, -0.25) is 10.1 Å². The average Bonchev–Trinajstić information content (AvgIpc) is 2.79. The number of β-amino-alcohol motifs (C(OH)–C–C–N with tert-alkyl or cyclic N) is 1. The van der Waals surface area contributed by atoms with Crippen molar-refractivity contribution in [1.82, 2.24) is 9.78 Å². The summed E-state index contributed by atoms with van der Waals surface area (Å²) in [6.07, 6.45) is 1.47. The largest absolute Gasteiger partial charge is 0.388 e. The molecule has 7 nitrogen and oxygen atoms in total. The monoisotopic (exact) mass is 268 g/mol. The van der Waals surface area contributed by atoms with Gasteiger partial charge in [-0.1, -0.05) is 6.92 Å². The van der Waals surface area contributed by atoms with E-state index in [2.05, 4.69) is 5.10 Å². The van der Waals surface area contributed by atoms with Crippen molar-refractivity contribution in [3.05, 3.63) is 15.8 Å². The molecule has 0 radical (unpaired) electrons. The molecule has 0 amide bonds. The molecule has 1 fully saturated rings. The van der Waals surface area contributed by atoms with Crippen molar-refractivity contribution in [2.24, 2.45) is 0 Å². The summed E-state index contributed by atoms with van der Waals surface area (Å²) < 4.78 is 1.69. The lowest BCUT2D eigenvalue weighted by Crippen LogP contribution is -2.31. The lowest BCUT2D eigenvalue weighted by atomic mass is 10.1. The predicted molar refractivity (Wildman–Crippen MR) is 71.4 cm³/mol. The van der Waals surface area contributed by atoms with E-state index in [-0.39, 0.29) is 10.6 Å². The Labute approximate surface area is 112 Å². The highest BCUT2D eigenvalue weighted by Crippen LogP contribution is 2.35. The number of hydrogen-bond acceptors (Lipinski definition) is 5. The number of aromatic nitrogens is 2. The first-order chi connectivity index (χ1) is 8.85. The van der Waals surface area contributed by atoms with Crippen molar-refractivity contribution >= 4 is 11.5 Å². The van der Waals surface area contributed by atoms with Gasteiger partial charge in [0.1, 0.15) is 5.69 Å². The Morgan fingerprint density at radius 2 is 2.26 bits per heavy atom. The molecule has 2 rings (SSSR count). The van der Waals surface area contributed by atoms with Gasteiger partial charge in [0.25, 0.3) is 0 Å². The first-order valence-corrected chi connectivity index (χ1v) is 6.55. The maximum Gasteiger partial charge on any atom is 0.333 e. The molecule has 1 aromatic heterocycles. The summed E-state index contributed by atoms with van der Waals surface area (Å²) in [5.74, 6) is 0.530. The normalized spacial score (nSPS) is 23.1. The molecule has 1 aliphatic rings. The molecule has 106 valence electrons. The average molecular weight is 268 g/mol. The number of nitro groups is 1. The molecule has 1 saturated heterocycles. The van der Waals surface area contributed by atoms with E-state index in [0.29, 0.717) is 37.6 Å². The van der Waals surface area contributed by atoms with Crippen molar-refractivity contribution in [1.29, 1.82) is 0 Å². The van der Waals surface area contributed by atoms with E-state index < -0.39 is 5.60 Å². The van der Waals surface area contributed by atoms with E-state index >= 15 is 0 Å². The Morgan fingerprint density at radius 3 is 2.74 bits per heavy atom.